The van der Waals surface area contributed by atoms with Crippen LogP contribution in [0.2, 0.25) is 0 Å². The summed E-state index contributed by atoms with van der Waals surface area (Å²) in [4.78, 5) is 48.1. The van der Waals surface area contributed by atoms with Crippen LogP contribution in [0, 0.1) is 6.92 Å². The molecule has 4 aromatic rings. The Hall–Kier alpha value is -3.57. The first-order valence-corrected chi connectivity index (χ1v) is 12.5. The number of rotatable bonds is 3. The van der Waals surface area contributed by atoms with Crippen molar-refractivity contribution in [2.75, 3.05) is 10.6 Å². The van der Waals surface area contributed by atoms with Gasteiger partial charge in [-0.2, -0.15) is 0 Å². The molecule has 0 fully saturated rings. The highest BCUT2D eigenvalue weighted by Crippen LogP contribution is 2.35. The molecule has 0 spiro atoms. The Morgan fingerprint density at radius 3 is 3.00 bits per heavy atom. The van der Waals surface area contributed by atoms with E-state index in [9.17, 15) is 14.4 Å². The third-order valence-electron chi connectivity index (χ3n) is 6.05. The van der Waals surface area contributed by atoms with E-state index >= 15 is 0 Å². The summed E-state index contributed by atoms with van der Waals surface area (Å²) >= 11 is 2.54. The molecule has 172 valence electrons. The van der Waals surface area contributed by atoms with Gasteiger partial charge in [0.05, 0.1) is 21.6 Å². The number of benzene rings is 1. The van der Waals surface area contributed by atoms with Crippen molar-refractivity contribution < 1.29 is 14.3 Å². The predicted octanol–water partition coefficient (Wildman–Crippen LogP) is 3.81. The summed E-state index contributed by atoms with van der Waals surface area (Å²) in [6.07, 6.45) is 1.16. The zero-order chi connectivity index (χ0) is 23.6. The molecule has 2 N–H and O–H groups in total. The Kier molecular flexibility index (Phi) is 4.78. The smallest absolute Gasteiger partial charge is 0.267 e. The molecule has 1 atom stereocenters. The van der Waals surface area contributed by atoms with E-state index in [0.717, 1.165) is 24.2 Å². The van der Waals surface area contributed by atoms with Crippen molar-refractivity contribution in [3.8, 4) is 17.0 Å². The average molecular weight is 494 g/mol. The molecule has 2 aliphatic rings. The van der Waals surface area contributed by atoms with Gasteiger partial charge in [0.2, 0.25) is 0 Å². The molecule has 3 aromatic heterocycles. The molecule has 0 bridgehead atoms. The van der Waals surface area contributed by atoms with E-state index < -0.39 is 6.10 Å². The monoisotopic (exact) mass is 493 g/mol. The lowest BCUT2D eigenvalue weighted by atomic mass is 10.1. The number of anilines is 2. The van der Waals surface area contributed by atoms with Crippen molar-refractivity contribution in [2.24, 2.45) is 0 Å². The van der Waals surface area contributed by atoms with Gasteiger partial charge < -0.3 is 10.1 Å². The number of aromatic nitrogens is 3. The second-order valence-corrected chi connectivity index (χ2v) is 10.1. The molecular formula is C23H19N5O4S2. The van der Waals surface area contributed by atoms with E-state index in [1.807, 2.05) is 11.4 Å². The normalized spacial score (nSPS) is 16.6. The van der Waals surface area contributed by atoms with Gasteiger partial charge in [0.25, 0.3) is 17.4 Å². The number of thiazole rings is 1. The Balaban J connectivity index is 1.26. The summed E-state index contributed by atoms with van der Waals surface area (Å²) in [6, 6.07) is 5.45. The molecular weight excluding hydrogens is 474 g/mol. The second kappa shape index (κ2) is 7.74. The predicted molar refractivity (Wildman–Crippen MR) is 131 cm³/mol. The average Bonchev–Trinajstić information content (AvgIpc) is 3.54. The van der Waals surface area contributed by atoms with Gasteiger partial charge in [-0.15, -0.1) is 22.7 Å². The summed E-state index contributed by atoms with van der Waals surface area (Å²) in [5.41, 5.74) is 2.62. The number of ether oxygens (including phenoxy) is 1. The van der Waals surface area contributed by atoms with E-state index in [4.69, 9.17) is 4.74 Å². The highest BCUT2D eigenvalue weighted by molar-refractivity contribution is 7.21. The van der Waals surface area contributed by atoms with E-state index in [1.165, 1.54) is 22.7 Å². The van der Waals surface area contributed by atoms with Crippen molar-refractivity contribution in [1.82, 2.24) is 14.5 Å². The first-order valence-electron chi connectivity index (χ1n) is 10.8. The van der Waals surface area contributed by atoms with Crippen LogP contribution in [-0.4, -0.2) is 32.5 Å². The van der Waals surface area contributed by atoms with Gasteiger partial charge in [-0.3, -0.25) is 24.3 Å². The topological polar surface area (TPSA) is 115 Å². The number of nitrogens with zero attached hydrogens (tertiary/aromatic N) is 3. The summed E-state index contributed by atoms with van der Waals surface area (Å²) in [6.45, 7) is 4.16. The number of thiophene rings is 1. The van der Waals surface area contributed by atoms with Gasteiger partial charge in [-0.1, -0.05) is 0 Å². The van der Waals surface area contributed by atoms with Gasteiger partial charge in [-0.05, 0) is 44.0 Å². The largest absolute Gasteiger partial charge is 0.479 e. The van der Waals surface area contributed by atoms with Crippen molar-refractivity contribution >= 4 is 55.5 Å². The van der Waals surface area contributed by atoms with Crippen LogP contribution in [0.5, 0.6) is 5.75 Å². The first-order chi connectivity index (χ1) is 16.4. The van der Waals surface area contributed by atoms with E-state index in [-0.39, 0.29) is 17.4 Å². The second-order valence-electron chi connectivity index (χ2n) is 8.28. The van der Waals surface area contributed by atoms with Crippen LogP contribution in [-0.2, 0) is 17.8 Å². The lowest BCUT2D eigenvalue weighted by Gasteiger charge is -2.23. The van der Waals surface area contributed by atoms with E-state index in [1.54, 1.807) is 30.5 Å². The Labute approximate surface area is 201 Å². The fourth-order valence-electron chi connectivity index (χ4n) is 4.28. The molecule has 0 saturated carbocycles. The molecule has 0 aliphatic carbocycles. The maximum atomic E-state index is 13.0. The van der Waals surface area contributed by atoms with Crippen LogP contribution in [0.3, 0.4) is 0 Å². The third kappa shape index (κ3) is 3.31. The van der Waals surface area contributed by atoms with Crippen molar-refractivity contribution in [3.05, 3.63) is 50.2 Å². The molecule has 1 unspecified atom stereocenters. The SMILES string of the molecule is Cc1c(C(=O)Nc2nc(-c3ccc4c(c3)NC(=O)C(C)O4)cs2)sc2nc3n(c(=O)c12)CCC3. The number of hydrogen-bond acceptors (Lipinski definition) is 8. The maximum absolute atomic E-state index is 13.0. The molecule has 2 amide bonds. The standard InChI is InChI=1S/C23H19N5O4S2/c1-10-17-21(26-16-4-3-7-28(16)22(17)31)34-18(10)20(30)27-23-25-14(9-33-23)12-5-6-15-13(8-12)24-19(29)11(2)32-15/h5-6,8-9,11H,3-4,7H2,1-2H3,(H,24,29)(H,25,27,30). The molecule has 5 heterocycles. The first kappa shape index (κ1) is 21.0. The number of fused-ring (bicyclic) bond motifs is 3. The van der Waals surface area contributed by atoms with Gasteiger partial charge in [-0.25, -0.2) is 9.97 Å². The van der Waals surface area contributed by atoms with Crippen LogP contribution >= 0.6 is 22.7 Å². The van der Waals surface area contributed by atoms with Crippen LogP contribution in [0.15, 0.2) is 28.4 Å². The van der Waals surface area contributed by atoms with E-state index in [0.29, 0.717) is 49.5 Å². The van der Waals surface area contributed by atoms with E-state index in [2.05, 4.69) is 20.6 Å². The lowest BCUT2D eigenvalue weighted by molar-refractivity contribution is -0.122. The minimum absolute atomic E-state index is 0.0697. The summed E-state index contributed by atoms with van der Waals surface area (Å²) < 4.78 is 7.31. The number of aryl methyl sites for hydroxylation is 2. The highest BCUT2D eigenvalue weighted by Gasteiger charge is 2.25. The van der Waals surface area contributed by atoms with Gasteiger partial charge in [0.15, 0.2) is 11.2 Å². The molecule has 0 saturated heterocycles. The fourth-order valence-corrected chi connectivity index (χ4v) is 6.08. The van der Waals surface area contributed by atoms with Crippen LogP contribution in [0.4, 0.5) is 10.8 Å². The molecule has 9 nitrogen and oxygen atoms in total. The Morgan fingerprint density at radius 2 is 2.15 bits per heavy atom. The summed E-state index contributed by atoms with van der Waals surface area (Å²) in [5.74, 6) is 0.881. The van der Waals surface area contributed by atoms with Gasteiger partial charge >= 0.3 is 0 Å². The summed E-state index contributed by atoms with van der Waals surface area (Å²) in [5, 5.41) is 8.48. The molecule has 34 heavy (non-hydrogen) atoms. The van der Waals surface area contributed by atoms with Gasteiger partial charge in [0.1, 0.15) is 16.4 Å². The quantitative estimate of drug-likeness (QED) is 0.449. The van der Waals surface area contributed by atoms with Crippen molar-refractivity contribution in [3.63, 3.8) is 0 Å². The highest BCUT2D eigenvalue weighted by atomic mass is 32.1. The number of hydrogen-bond donors (Lipinski definition) is 2. The Bertz CT molecular complexity index is 1570. The van der Waals surface area contributed by atoms with Crippen LogP contribution in [0.25, 0.3) is 21.5 Å². The fraction of sp³-hybridized carbons (Fsp3) is 0.261. The van der Waals surface area contributed by atoms with Crippen molar-refractivity contribution in [2.45, 2.75) is 39.3 Å². The number of carbonyl (C=O) groups is 2. The minimum atomic E-state index is -0.538. The Morgan fingerprint density at radius 1 is 1.29 bits per heavy atom. The lowest BCUT2D eigenvalue weighted by Crippen LogP contribution is -2.34. The van der Waals surface area contributed by atoms with Crippen LogP contribution < -0.4 is 20.9 Å². The zero-order valence-corrected chi connectivity index (χ0v) is 19.9. The number of nitrogens with one attached hydrogen (secondary N) is 2. The molecule has 0 radical (unpaired) electrons. The molecule has 6 rings (SSSR count). The van der Waals surface area contributed by atoms with Crippen LogP contribution in [0.1, 0.15) is 34.4 Å². The minimum Gasteiger partial charge on any atom is -0.479 e. The zero-order valence-electron chi connectivity index (χ0n) is 18.3. The molecule has 2 aliphatic heterocycles. The van der Waals surface area contributed by atoms with Gasteiger partial charge in [0, 0.05) is 23.9 Å². The molecule has 1 aromatic carbocycles. The number of amides is 2. The third-order valence-corrected chi connectivity index (χ3v) is 7.99. The molecule has 11 heteroatoms. The maximum Gasteiger partial charge on any atom is 0.267 e. The number of carbonyl (C=O) groups excluding carboxylic acids is 2. The summed E-state index contributed by atoms with van der Waals surface area (Å²) in [7, 11) is 0. The van der Waals surface area contributed by atoms with Crippen molar-refractivity contribution in [1.29, 1.82) is 0 Å².